The molecule has 7 heteroatoms. The summed E-state index contributed by atoms with van der Waals surface area (Å²) in [5.74, 6) is 0.664. The van der Waals surface area contributed by atoms with Crippen LogP contribution in [0.5, 0.6) is 5.75 Å². The van der Waals surface area contributed by atoms with Gasteiger partial charge in [0.1, 0.15) is 30.2 Å². The number of hydrogen-bond acceptors (Lipinski definition) is 7. The van der Waals surface area contributed by atoms with E-state index in [9.17, 15) is 10.2 Å². The molecular formula is C21H32O7. The summed E-state index contributed by atoms with van der Waals surface area (Å²) in [4.78, 5) is 0. The molecule has 0 aliphatic carbocycles. The molecule has 28 heavy (non-hydrogen) atoms. The SMILES string of the molecule is CC(C)CCOc1ccc(CO[C@@H]2[C@@H]3OC(C)(C)O[C@@H]3O[C@@H]2[C@H](O)CO)cc1. The zero-order valence-corrected chi connectivity index (χ0v) is 17.0. The van der Waals surface area contributed by atoms with Crippen LogP contribution >= 0.6 is 0 Å². The predicted octanol–water partition coefficient (Wildman–Crippen LogP) is 2.23. The molecule has 0 spiro atoms. The average Bonchev–Trinajstić information content (AvgIpc) is 3.12. The maximum absolute atomic E-state index is 10.1. The zero-order valence-electron chi connectivity index (χ0n) is 17.0. The third-order valence-corrected chi connectivity index (χ3v) is 4.92. The highest BCUT2D eigenvalue weighted by Crippen LogP contribution is 2.39. The molecule has 0 amide bonds. The van der Waals surface area contributed by atoms with Crippen molar-refractivity contribution in [3.05, 3.63) is 29.8 Å². The zero-order chi connectivity index (χ0) is 20.3. The number of aliphatic hydroxyl groups excluding tert-OH is 2. The van der Waals surface area contributed by atoms with Crippen LogP contribution in [0.15, 0.2) is 24.3 Å². The molecule has 3 rings (SSSR count). The minimum Gasteiger partial charge on any atom is -0.494 e. The van der Waals surface area contributed by atoms with Gasteiger partial charge in [-0.15, -0.1) is 0 Å². The van der Waals surface area contributed by atoms with Gasteiger partial charge in [-0.25, -0.2) is 0 Å². The molecule has 2 N–H and O–H groups in total. The van der Waals surface area contributed by atoms with Crippen molar-refractivity contribution in [1.29, 1.82) is 0 Å². The molecule has 7 nitrogen and oxygen atoms in total. The normalized spacial score (nSPS) is 29.8. The van der Waals surface area contributed by atoms with E-state index in [2.05, 4.69) is 13.8 Å². The van der Waals surface area contributed by atoms with Crippen LogP contribution in [-0.2, 0) is 25.6 Å². The molecule has 1 aromatic rings. The Morgan fingerprint density at radius 3 is 2.50 bits per heavy atom. The standard InChI is InChI=1S/C21H32O7/c1-13(2)9-10-24-15-7-5-14(6-8-15)12-25-18-17(16(23)11-22)26-20-19(18)27-21(3,4)28-20/h5-8,13,16-20,22-23H,9-12H2,1-4H3/t16-,17-,18+,19+,20+/m1/s1. The third-order valence-electron chi connectivity index (χ3n) is 4.92. The van der Waals surface area contributed by atoms with Gasteiger partial charge in [0, 0.05) is 0 Å². The molecule has 2 saturated heterocycles. The lowest BCUT2D eigenvalue weighted by atomic mass is 10.1. The highest BCUT2D eigenvalue weighted by atomic mass is 16.8. The van der Waals surface area contributed by atoms with E-state index in [1.807, 2.05) is 24.3 Å². The van der Waals surface area contributed by atoms with Crippen molar-refractivity contribution in [3.63, 3.8) is 0 Å². The van der Waals surface area contributed by atoms with E-state index in [0.717, 1.165) is 17.7 Å². The number of rotatable bonds is 9. The van der Waals surface area contributed by atoms with Crippen LogP contribution < -0.4 is 4.74 Å². The Labute approximate surface area is 166 Å². The highest BCUT2D eigenvalue weighted by molar-refractivity contribution is 5.26. The molecule has 0 saturated carbocycles. The first-order valence-corrected chi connectivity index (χ1v) is 9.92. The first-order chi connectivity index (χ1) is 13.3. The van der Waals surface area contributed by atoms with Gasteiger partial charge >= 0.3 is 0 Å². The summed E-state index contributed by atoms with van der Waals surface area (Å²) < 4.78 is 29.1. The first-order valence-electron chi connectivity index (χ1n) is 9.92. The van der Waals surface area contributed by atoms with E-state index >= 15 is 0 Å². The molecule has 0 bridgehead atoms. The van der Waals surface area contributed by atoms with Gasteiger partial charge in [0.25, 0.3) is 0 Å². The monoisotopic (exact) mass is 396 g/mol. The van der Waals surface area contributed by atoms with E-state index in [-0.39, 0.29) is 0 Å². The molecule has 5 atom stereocenters. The smallest absolute Gasteiger partial charge is 0.190 e. The molecule has 0 radical (unpaired) electrons. The summed E-state index contributed by atoms with van der Waals surface area (Å²) in [5.41, 5.74) is 0.968. The summed E-state index contributed by atoms with van der Waals surface area (Å²) in [6, 6.07) is 7.74. The molecule has 2 heterocycles. The van der Waals surface area contributed by atoms with Crippen LogP contribution in [0, 0.1) is 5.92 Å². The largest absolute Gasteiger partial charge is 0.494 e. The lowest BCUT2D eigenvalue weighted by Gasteiger charge is -2.28. The lowest BCUT2D eigenvalue weighted by Crippen LogP contribution is -2.44. The quantitative estimate of drug-likeness (QED) is 0.662. The van der Waals surface area contributed by atoms with Crippen molar-refractivity contribution in [2.75, 3.05) is 13.2 Å². The van der Waals surface area contributed by atoms with Crippen LogP contribution in [0.1, 0.15) is 39.7 Å². The lowest BCUT2D eigenvalue weighted by molar-refractivity contribution is -0.232. The minimum atomic E-state index is -1.07. The Kier molecular flexibility index (Phi) is 6.96. The second kappa shape index (κ2) is 9.07. The Morgan fingerprint density at radius 2 is 1.86 bits per heavy atom. The summed E-state index contributed by atoms with van der Waals surface area (Å²) in [6.07, 6.45) is -2.39. The van der Waals surface area contributed by atoms with Crippen molar-refractivity contribution < 1.29 is 33.9 Å². The fourth-order valence-electron chi connectivity index (χ4n) is 3.39. The molecule has 0 aromatic heterocycles. The Bertz CT molecular complexity index is 616. The van der Waals surface area contributed by atoms with Gasteiger partial charge in [-0.3, -0.25) is 0 Å². The molecule has 1 aromatic carbocycles. The number of fused-ring (bicyclic) bond motifs is 1. The fourth-order valence-corrected chi connectivity index (χ4v) is 3.39. The van der Waals surface area contributed by atoms with E-state index in [4.69, 9.17) is 23.7 Å². The highest BCUT2D eigenvalue weighted by Gasteiger charge is 2.56. The summed E-state index contributed by atoms with van der Waals surface area (Å²) in [6.45, 7) is 8.55. The predicted molar refractivity (Wildman–Crippen MR) is 102 cm³/mol. The van der Waals surface area contributed by atoms with Gasteiger partial charge in [0.05, 0.1) is 19.8 Å². The van der Waals surface area contributed by atoms with Crippen molar-refractivity contribution in [1.82, 2.24) is 0 Å². The fraction of sp³-hybridized carbons (Fsp3) is 0.714. The van der Waals surface area contributed by atoms with Gasteiger partial charge < -0.3 is 33.9 Å². The van der Waals surface area contributed by atoms with Crippen molar-refractivity contribution in [3.8, 4) is 5.75 Å². The number of aliphatic hydroxyl groups is 2. The Morgan fingerprint density at radius 1 is 1.14 bits per heavy atom. The molecule has 2 aliphatic heterocycles. The van der Waals surface area contributed by atoms with Crippen LogP contribution in [0.25, 0.3) is 0 Å². The van der Waals surface area contributed by atoms with Gasteiger partial charge in [-0.1, -0.05) is 26.0 Å². The Hall–Kier alpha value is -1.22. The van der Waals surface area contributed by atoms with Crippen LogP contribution in [-0.4, -0.2) is 59.9 Å². The van der Waals surface area contributed by atoms with E-state index in [0.29, 0.717) is 19.1 Å². The first kappa shape index (κ1) is 21.5. The molecule has 158 valence electrons. The topological polar surface area (TPSA) is 86.6 Å². The average molecular weight is 396 g/mol. The number of benzene rings is 1. The van der Waals surface area contributed by atoms with Crippen LogP contribution in [0.2, 0.25) is 0 Å². The van der Waals surface area contributed by atoms with E-state index in [1.54, 1.807) is 13.8 Å². The maximum Gasteiger partial charge on any atom is 0.190 e. The molecule has 0 unspecified atom stereocenters. The summed E-state index contributed by atoms with van der Waals surface area (Å²) >= 11 is 0. The molecule has 2 fully saturated rings. The van der Waals surface area contributed by atoms with Crippen molar-refractivity contribution >= 4 is 0 Å². The van der Waals surface area contributed by atoms with Gasteiger partial charge in [0.15, 0.2) is 12.1 Å². The van der Waals surface area contributed by atoms with Gasteiger partial charge in [-0.2, -0.15) is 0 Å². The van der Waals surface area contributed by atoms with Crippen molar-refractivity contribution in [2.24, 2.45) is 5.92 Å². The third kappa shape index (κ3) is 5.23. The van der Waals surface area contributed by atoms with Crippen LogP contribution in [0.4, 0.5) is 0 Å². The minimum absolute atomic E-state index is 0.321. The van der Waals surface area contributed by atoms with Crippen LogP contribution in [0.3, 0.4) is 0 Å². The number of ether oxygens (including phenoxy) is 5. The molecular weight excluding hydrogens is 364 g/mol. The summed E-state index contributed by atoms with van der Waals surface area (Å²) in [7, 11) is 0. The Balaban J connectivity index is 1.58. The second-order valence-electron chi connectivity index (χ2n) is 8.27. The van der Waals surface area contributed by atoms with Gasteiger partial charge in [-0.05, 0) is 43.9 Å². The number of hydrogen-bond donors (Lipinski definition) is 2. The van der Waals surface area contributed by atoms with E-state index < -0.39 is 43.1 Å². The van der Waals surface area contributed by atoms with Gasteiger partial charge in [0.2, 0.25) is 0 Å². The summed E-state index contributed by atoms with van der Waals surface area (Å²) in [5, 5.41) is 19.4. The van der Waals surface area contributed by atoms with E-state index in [1.165, 1.54) is 0 Å². The second-order valence-corrected chi connectivity index (χ2v) is 8.27. The van der Waals surface area contributed by atoms with Crippen molar-refractivity contribution in [2.45, 2.75) is 77.2 Å². The maximum atomic E-state index is 10.1. The molecule has 2 aliphatic rings.